The molecule has 0 fully saturated rings. The van der Waals surface area contributed by atoms with Crippen molar-refractivity contribution in [2.45, 2.75) is 13.0 Å². The fourth-order valence-electron chi connectivity index (χ4n) is 1.38. The zero-order valence-corrected chi connectivity index (χ0v) is 10.4. The van der Waals surface area contributed by atoms with Gasteiger partial charge in [0, 0.05) is 12.4 Å². The summed E-state index contributed by atoms with van der Waals surface area (Å²) in [6.07, 6.45) is 3.32. The molecule has 2 aromatic rings. The number of H-pyrrole nitrogens is 2. The fraction of sp³-hybridized carbons (Fsp3) is 0.200. The lowest BCUT2D eigenvalue weighted by Crippen LogP contribution is -2.27. The summed E-state index contributed by atoms with van der Waals surface area (Å²) in [7, 11) is 0. The van der Waals surface area contributed by atoms with Crippen LogP contribution >= 0.6 is 23.2 Å². The van der Waals surface area contributed by atoms with Crippen LogP contribution < -0.4 is 5.32 Å². The molecule has 5 nitrogen and oxygen atoms in total. The second-order valence-electron chi connectivity index (χ2n) is 3.51. The summed E-state index contributed by atoms with van der Waals surface area (Å²) >= 11 is 11.5. The van der Waals surface area contributed by atoms with Crippen molar-refractivity contribution in [1.82, 2.24) is 20.3 Å². The number of nitrogens with zero attached hydrogens (tertiary/aromatic N) is 1. The number of amides is 1. The first kappa shape index (κ1) is 12.0. The largest absolute Gasteiger partial charge is 0.347 e. The number of aromatic nitrogens is 3. The van der Waals surface area contributed by atoms with E-state index in [2.05, 4.69) is 20.3 Å². The third kappa shape index (κ3) is 2.62. The fourth-order valence-corrected chi connectivity index (χ4v) is 1.70. The lowest BCUT2D eigenvalue weighted by atomic mass is 10.3. The molecule has 1 amide bonds. The van der Waals surface area contributed by atoms with E-state index in [0.29, 0.717) is 16.5 Å². The van der Waals surface area contributed by atoms with Crippen molar-refractivity contribution in [1.29, 1.82) is 0 Å². The molecule has 3 N–H and O–H groups in total. The van der Waals surface area contributed by atoms with E-state index in [1.165, 1.54) is 6.07 Å². The maximum atomic E-state index is 11.8. The molecule has 0 aliphatic rings. The zero-order valence-electron chi connectivity index (χ0n) is 8.92. The van der Waals surface area contributed by atoms with Gasteiger partial charge in [0.05, 0.1) is 11.1 Å². The van der Waals surface area contributed by atoms with Gasteiger partial charge < -0.3 is 15.3 Å². The van der Waals surface area contributed by atoms with Gasteiger partial charge in [0.1, 0.15) is 16.7 Å². The lowest BCUT2D eigenvalue weighted by molar-refractivity contribution is 0.0934. The molecule has 0 aromatic carbocycles. The Morgan fingerprint density at radius 1 is 1.53 bits per heavy atom. The summed E-state index contributed by atoms with van der Waals surface area (Å²) in [6.45, 7) is 1.82. The number of hydrogen-bond donors (Lipinski definition) is 3. The predicted octanol–water partition coefficient (Wildman–Crippen LogP) is 2.54. The standard InChI is InChI=1S/C10H10Cl2N4O/c1-5(9-13-2-3-14-9)15-10(17)7-4-6(11)8(12)16-7/h2-5,16H,1H3,(H,13,14)(H,15,17). The molecular formula is C10H10Cl2N4O. The molecule has 2 rings (SSSR count). The van der Waals surface area contributed by atoms with E-state index in [1.54, 1.807) is 12.4 Å². The average Bonchev–Trinajstić information content (AvgIpc) is 2.89. The number of aromatic amines is 2. The van der Waals surface area contributed by atoms with Crippen LogP contribution in [-0.2, 0) is 0 Å². The van der Waals surface area contributed by atoms with E-state index in [9.17, 15) is 4.79 Å². The molecule has 90 valence electrons. The smallest absolute Gasteiger partial charge is 0.268 e. The average molecular weight is 273 g/mol. The van der Waals surface area contributed by atoms with Crippen molar-refractivity contribution < 1.29 is 4.79 Å². The molecular weight excluding hydrogens is 263 g/mol. The Balaban J connectivity index is 2.07. The number of halogens is 2. The van der Waals surface area contributed by atoms with E-state index in [0.717, 1.165) is 0 Å². The monoisotopic (exact) mass is 272 g/mol. The zero-order chi connectivity index (χ0) is 12.4. The first-order valence-corrected chi connectivity index (χ1v) is 5.67. The third-order valence-corrected chi connectivity index (χ3v) is 2.94. The van der Waals surface area contributed by atoms with Crippen LogP contribution in [-0.4, -0.2) is 20.9 Å². The maximum Gasteiger partial charge on any atom is 0.268 e. The summed E-state index contributed by atoms with van der Waals surface area (Å²) in [5.74, 6) is 0.393. The summed E-state index contributed by atoms with van der Waals surface area (Å²) in [5, 5.41) is 3.33. The number of carbonyl (C=O) groups is 1. The van der Waals surface area contributed by atoms with Crippen LogP contribution in [0.25, 0.3) is 0 Å². The molecule has 17 heavy (non-hydrogen) atoms. The molecule has 1 atom stereocenters. The minimum Gasteiger partial charge on any atom is -0.347 e. The molecule has 0 saturated carbocycles. The first-order valence-electron chi connectivity index (χ1n) is 4.92. The second kappa shape index (κ2) is 4.81. The highest BCUT2D eigenvalue weighted by Gasteiger charge is 2.15. The van der Waals surface area contributed by atoms with Gasteiger partial charge in [0.15, 0.2) is 0 Å². The summed E-state index contributed by atoms with van der Waals surface area (Å²) in [5.41, 5.74) is 0.318. The number of carbonyl (C=O) groups excluding carboxylic acids is 1. The van der Waals surface area contributed by atoms with E-state index in [4.69, 9.17) is 23.2 Å². The van der Waals surface area contributed by atoms with Gasteiger partial charge in [-0.1, -0.05) is 23.2 Å². The molecule has 0 spiro atoms. The Morgan fingerprint density at radius 3 is 2.82 bits per heavy atom. The Labute approximate surface area is 108 Å². The van der Waals surface area contributed by atoms with E-state index < -0.39 is 0 Å². The van der Waals surface area contributed by atoms with Crippen molar-refractivity contribution >= 4 is 29.1 Å². The topological polar surface area (TPSA) is 73.6 Å². The number of nitrogens with one attached hydrogen (secondary N) is 3. The van der Waals surface area contributed by atoms with Crippen LogP contribution in [0.15, 0.2) is 18.5 Å². The van der Waals surface area contributed by atoms with Crippen LogP contribution in [0.5, 0.6) is 0 Å². The number of imidazole rings is 1. The van der Waals surface area contributed by atoms with Gasteiger partial charge in [-0.3, -0.25) is 4.79 Å². The Kier molecular flexibility index (Phi) is 3.40. The van der Waals surface area contributed by atoms with Crippen molar-refractivity contribution in [3.05, 3.63) is 40.2 Å². The minimum absolute atomic E-state index is 0.224. The number of hydrogen-bond acceptors (Lipinski definition) is 2. The summed E-state index contributed by atoms with van der Waals surface area (Å²) in [6, 6.07) is 1.26. The molecule has 0 bridgehead atoms. The Morgan fingerprint density at radius 2 is 2.29 bits per heavy atom. The highest BCUT2D eigenvalue weighted by molar-refractivity contribution is 6.41. The van der Waals surface area contributed by atoms with Gasteiger partial charge >= 0.3 is 0 Å². The van der Waals surface area contributed by atoms with Crippen molar-refractivity contribution in [2.75, 3.05) is 0 Å². The maximum absolute atomic E-state index is 11.8. The van der Waals surface area contributed by atoms with Crippen molar-refractivity contribution in [3.8, 4) is 0 Å². The Hall–Kier alpha value is -1.46. The van der Waals surface area contributed by atoms with Crippen LogP contribution in [0.3, 0.4) is 0 Å². The lowest BCUT2D eigenvalue weighted by Gasteiger charge is -2.10. The van der Waals surface area contributed by atoms with E-state index in [-0.39, 0.29) is 17.1 Å². The van der Waals surface area contributed by atoms with Gasteiger partial charge in [-0.15, -0.1) is 0 Å². The highest BCUT2D eigenvalue weighted by atomic mass is 35.5. The molecule has 0 radical (unpaired) electrons. The third-order valence-electron chi connectivity index (χ3n) is 2.25. The summed E-state index contributed by atoms with van der Waals surface area (Å²) < 4.78 is 0. The molecule has 2 aromatic heterocycles. The molecule has 1 unspecified atom stereocenters. The van der Waals surface area contributed by atoms with Crippen molar-refractivity contribution in [3.63, 3.8) is 0 Å². The second-order valence-corrected chi connectivity index (χ2v) is 4.30. The molecule has 0 aliphatic heterocycles. The van der Waals surface area contributed by atoms with Crippen LogP contribution in [0.4, 0.5) is 0 Å². The molecule has 0 saturated heterocycles. The predicted molar refractivity (Wildman–Crippen MR) is 65.3 cm³/mol. The molecule has 7 heteroatoms. The first-order chi connectivity index (χ1) is 8.08. The molecule has 0 aliphatic carbocycles. The van der Waals surface area contributed by atoms with E-state index >= 15 is 0 Å². The highest BCUT2D eigenvalue weighted by Crippen LogP contribution is 2.22. The van der Waals surface area contributed by atoms with E-state index in [1.807, 2.05) is 6.92 Å². The summed E-state index contributed by atoms with van der Waals surface area (Å²) in [4.78, 5) is 21.5. The minimum atomic E-state index is -0.289. The Bertz CT molecular complexity index is 501. The quantitative estimate of drug-likeness (QED) is 0.803. The van der Waals surface area contributed by atoms with Crippen LogP contribution in [0, 0.1) is 0 Å². The normalized spacial score (nSPS) is 12.4. The van der Waals surface area contributed by atoms with Gasteiger partial charge in [-0.05, 0) is 13.0 Å². The van der Waals surface area contributed by atoms with Gasteiger partial charge in [0.2, 0.25) is 0 Å². The van der Waals surface area contributed by atoms with Crippen LogP contribution in [0.2, 0.25) is 10.2 Å². The molecule has 2 heterocycles. The number of rotatable bonds is 3. The van der Waals surface area contributed by atoms with Gasteiger partial charge in [0.25, 0.3) is 5.91 Å². The van der Waals surface area contributed by atoms with Crippen molar-refractivity contribution in [2.24, 2.45) is 0 Å². The van der Waals surface area contributed by atoms with Crippen LogP contribution in [0.1, 0.15) is 29.3 Å². The van der Waals surface area contributed by atoms with Gasteiger partial charge in [-0.2, -0.15) is 0 Å². The SMILES string of the molecule is CC(NC(=O)c1cc(Cl)c(Cl)[nH]1)c1ncc[nH]1. The van der Waals surface area contributed by atoms with Gasteiger partial charge in [-0.25, -0.2) is 4.98 Å².